The largest absolute Gasteiger partial charge is 0.393 e. The summed E-state index contributed by atoms with van der Waals surface area (Å²) in [5.41, 5.74) is 0. The van der Waals surface area contributed by atoms with Crippen molar-refractivity contribution in [2.75, 3.05) is 0 Å². The number of carbonyl (C=O) groups is 1. The van der Waals surface area contributed by atoms with E-state index in [1.807, 2.05) is 0 Å². The van der Waals surface area contributed by atoms with Gasteiger partial charge in [0.1, 0.15) is 5.78 Å². The minimum atomic E-state index is -0.128. The summed E-state index contributed by atoms with van der Waals surface area (Å²) in [6.07, 6.45) is 11.1. The molecule has 130 valence electrons. The third kappa shape index (κ3) is 8.72. The summed E-state index contributed by atoms with van der Waals surface area (Å²) in [7, 11) is 0. The molecule has 0 radical (unpaired) electrons. The van der Waals surface area contributed by atoms with Crippen molar-refractivity contribution < 1.29 is 9.90 Å². The minimum Gasteiger partial charge on any atom is -0.393 e. The number of hydrogen-bond donors (Lipinski definition) is 1. The number of rotatable bonds is 4. The van der Waals surface area contributed by atoms with Crippen LogP contribution in [0.2, 0.25) is 0 Å². The topological polar surface area (TPSA) is 84.9 Å². The first kappa shape index (κ1) is 21.6. The summed E-state index contributed by atoms with van der Waals surface area (Å²) < 4.78 is 0. The molecule has 1 N–H and O–H groups in total. The molecule has 0 heterocycles. The third-order valence-corrected chi connectivity index (χ3v) is 4.78. The molecule has 0 spiro atoms. The number of nitriles is 2. The summed E-state index contributed by atoms with van der Waals surface area (Å²) >= 11 is 0. The lowest BCUT2D eigenvalue weighted by Crippen LogP contribution is -2.24. The molecule has 0 saturated heterocycles. The van der Waals surface area contributed by atoms with E-state index in [9.17, 15) is 9.90 Å². The van der Waals surface area contributed by atoms with Gasteiger partial charge in [-0.3, -0.25) is 4.79 Å². The first-order chi connectivity index (χ1) is 10.7. The summed E-state index contributed by atoms with van der Waals surface area (Å²) in [6.45, 7) is 0. The van der Waals surface area contributed by atoms with Gasteiger partial charge in [-0.05, 0) is 44.4 Å². The SMILES string of the molecule is C.N#CCCC1CCCCC1=O.N#CCCC1CCCCC1O. The van der Waals surface area contributed by atoms with E-state index in [0.717, 1.165) is 51.4 Å². The van der Waals surface area contributed by atoms with Gasteiger partial charge in [0.25, 0.3) is 0 Å². The van der Waals surface area contributed by atoms with Crippen LogP contribution in [0.25, 0.3) is 0 Å². The molecule has 0 bridgehead atoms. The third-order valence-electron chi connectivity index (χ3n) is 4.78. The Hall–Kier alpha value is -1.39. The van der Waals surface area contributed by atoms with Crippen LogP contribution in [0.5, 0.6) is 0 Å². The normalized spacial score (nSPS) is 26.7. The van der Waals surface area contributed by atoms with Crippen LogP contribution in [0.15, 0.2) is 0 Å². The van der Waals surface area contributed by atoms with Crippen molar-refractivity contribution in [1.29, 1.82) is 10.5 Å². The fourth-order valence-electron chi connectivity index (χ4n) is 3.37. The lowest BCUT2D eigenvalue weighted by molar-refractivity contribution is -0.124. The number of ketones is 1. The average Bonchev–Trinajstić information content (AvgIpc) is 2.54. The van der Waals surface area contributed by atoms with Gasteiger partial charge >= 0.3 is 0 Å². The van der Waals surface area contributed by atoms with Crippen LogP contribution in [-0.4, -0.2) is 17.0 Å². The molecule has 0 aliphatic heterocycles. The van der Waals surface area contributed by atoms with Crippen molar-refractivity contribution in [1.82, 2.24) is 0 Å². The van der Waals surface area contributed by atoms with E-state index in [1.54, 1.807) is 0 Å². The second-order valence-corrected chi connectivity index (χ2v) is 6.41. The lowest BCUT2D eigenvalue weighted by Gasteiger charge is -2.26. The van der Waals surface area contributed by atoms with Crippen LogP contribution in [0.1, 0.15) is 84.5 Å². The van der Waals surface area contributed by atoms with Gasteiger partial charge in [0.15, 0.2) is 0 Å². The van der Waals surface area contributed by atoms with E-state index in [4.69, 9.17) is 10.5 Å². The van der Waals surface area contributed by atoms with Gasteiger partial charge < -0.3 is 5.11 Å². The quantitative estimate of drug-likeness (QED) is 0.824. The second kappa shape index (κ2) is 13.1. The highest BCUT2D eigenvalue weighted by Gasteiger charge is 2.22. The number of carbonyl (C=O) groups excluding carboxylic acids is 1. The Morgan fingerprint density at radius 3 is 2.17 bits per heavy atom. The highest BCUT2D eigenvalue weighted by atomic mass is 16.3. The van der Waals surface area contributed by atoms with E-state index >= 15 is 0 Å². The predicted octanol–water partition coefficient (Wildman–Crippen LogP) is 4.53. The summed E-state index contributed by atoms with van der Waals surface area (Å²) in [6, 6.07) is 4.21. The molecule has 0 amide bonds. The molecule has 2 aliphatic rings. The molecule has 0 aromatic rings. The molecule has 2 saturated carbocycles. The molecule has 23 heavy (non-hydrogen) atoms. The van der Waals surface area contributed by atoms with Crippen molar-refractivity contribution in [2.24, 2.45) is 11.8 Å². The van der Waals surface area contributed by atoms with Crippen molar-refractivity contribution in [3.63, 3.8) is 0 Å². The molecule has 2 rings (SSSR count). The van der Waals surface area contributed by atoms with Gasteiger partial charge in [-0.1, -0.05) is 26.7 Å². The van der Waals surface area contributed by atoms with Crippen molar-refractivity contribution in [2.45, 2.75) is 90.6 Å². The average molecular weight is 320 g/mol. The molecule has 4 heteroatoms. The standard InChI is InChI=1S/C9H15NO.C9H13NO.CH4/c2*10-7-3-5-8-4-1-2-6-9(8)11;/h8-9,11H,1-6H2;8H,1-6H2;1H4. The maximum Gasteiger partial charge on any atom is 0.136 e. The molecule has 0 aromatic heterocycles. The Morgan fingerprint density at radius 1 is 0.957 bits per heavy atom. The maximum atomic E-state index is 11.2. The smallest absolute Gasteiger partial charge is 0.136 e. The molecule has 3 atom stereocenters. The van der Waals surface area contributed by atoms with Crippen molar-refractivity contribution in [3.05, 3.63) is 0 Å². The van der Waals surface area contributed by atoms with E-state index < -0.39 is 0 Å². The number of aliphatic hydroxyl groups excluding tert-OH is 1. The zero-order chi connectivity index (χ0) is 16.2. The van der Waals surface area contributed by atoms with Crippen LogP contribution >= 0.6 is 0 Å². The van der Waals surface area contributed by atoms with Crippen LogP contribution in [0.3, 0.4) is 0 Å². The number of nitrogens with zero attached hydrogens (tertiary/aromatic N) is 2. The van der Waals surface area contributed by atoms with E-state index in [0.29, 0.717) is 24.5 Å². The Kier molecular flexibility index (Phi) is 12.3. The summed E-state index contributed by atoms with van der Waals surface area (Å²) in [5, 5.41) is 26.2. The predicted molar refractivity (Wildman–Crippen MR) is 91.4 cm³/mol. The van der Waals surface area contributed by atoms with E-state index in [1.165, 1.54) is 12.8 Å². The van der Waals surface area contributed by atoms with Crippen molar-refractivity contribution >= 4 is 5.78 Å². The van der Waals surface area contributed by atoms with Crippen molar-refractivity contribution in [3.8, 4) is 12.1 Å². The van der Waals surface area contributed by atoms with Gasteiger partial charge in [0.2, 0.25) is 0 Å². The number of aliphatic hydroxyl groups is 1. The first-order valence-corrected chi connectivity index (χ1v) is 8.63. The maximum absolute atomic E-state index is 11.2. The van der Waals surface area contributed by atoms with Gasteiger partial charge in [0.05, 0.1) is 18.2 Å². The van der Waals surface area contributed by atoms with E-state index in [-0.39, 0.29) is 19.4 Å². The number of Topliss-reactive ketones (excluding diaryl/α,β-unsaturated/α-hetero) is 1. The van der Waals surface area contributed by atoms with Gasteiger partial charge in [-0.25, -0.2) is 0 Å². The zero-order valence-corrected chi connectivity index (χ0v) is 13.5. The molecule has 4 nitrogen and oxygen atoms in total. The van der Waals surface area contributed by atoms with E-state index in [2.05, 4.69) is 12.1 Å². The Morgan fingerprint density at radius 2 is 1.57 bits per heavy atom. The van der Waals surface area contributed by atoms with Crippen LogP contribution < -0.4 is 0 Å². The summed E-state index contributed by atoms with van der Waals surface area (Å²) in [5.74, 6) is 0.998. The highest BCUT2D eigenvalue weighted by molar-refractivity contribution is 5.81. The molecular weight excluding hydrogens is 288 g/mol. The fraction of sp³-hybridized carbons (Fsp3) is 0.842. The Labute approximate surface area is 141 Å². The van der Waals surface area contributed by atoms with Gasteiger partial charge in [-0.2, -0.15) is 10.5 Å². The highest BCUT2D eigenvalue weighted by Crippen LogP contribution is 2.27. The fourth-order valence-corrected chi connectivity index (χ4v) is 3.37. The van der Waals surface area contributed by atoms with Gasteiger partial charge in [0, 0.05) is 25.2 Å². The summed E-state index contributed by atoms with van der Waals surface area (Å²) in [4.78, 5) is 11.2. The molecule has 0 aromatic carbocycles. The molecule has 3 unspecified atom stereocenters. The molecule has 2 fully saturated rings. The van der Waals surface area contributed by atoms with Gasteiger partial charge in [-0.15, -0.1) is 0 Å². The Balaban J connectivity index is 0.000000403. The zero-order valence-electron chi connectivity index (χ0n) is 13.5. The Bertz CT molecular complexity index is 409. The van der Waals surface area contributed by atoms with Crippen LogP contribution in [0.4, 0.5) is 0 Å². The molecular formula is C19H32N2O2. The van der Waals surface area contributed by atoms with Crippen LogP contribution in [-0.2, 0) is 4.79 Å². The minimum absolute atomic E-state index is 0. The lowest BCUT2D eigenvalue weighted by atomic mass is 9.84. The van der Waals surface area contributed by atoms with Crippen LogP contribution in [0, 0.1) is 34.5 Å². The molecule has 2 aliphatic carbocycles. The monoisotopic (exact) mass is 320 g/mol. The first-order valence-electron chi connectivity index (χ1n) is 8.63. The second-order valence-electron chi connectivity index (χ2n) is 6.41. The number of hydrogen-bond acceptors (Lipinski definition) is 4.